The first kappa shape index (κ1) is 22.5. The minimum Gasteiger partial charge on any atom is -0.348 e. The van der Waals surface area contributed by atoms with Crippen molar-refractivity contribution < 1.29 is 4.79 Å². The van der Waals surface area contributed by atoms with Crippen LogP contribution in [0.1, 0.15) is 34.1 Å². The molecular formula is C25H30ClN5O. The summed E-state index contributed by atoms with van der Waals surface area (Å²) < 4.78 is 1.60. The lowest BCUT2D eigenvalue weighted by Gasteiger charge is -2.34. The van der Waals surface area contributed by atoms with Crippen molar-refractivity contribution in [2.45, 2.75) is 26.9 Å². The number of likely N-dealkylation sites (N-methyl/N-ethyl adjacent to an activating group) is 1. The molecule has 0 aliphatic carbocycles. The number of rotatable bonds is 7. The molecule has 0 saturated carbocycles. The van der Waals surface area contributed by atoms with Crippen LogP contribution >= 0.6 is 11.6 Å². The zero-order chi connectivity index (χ0) is 22.5. The molecule has 0 spiro atoms. The molecule has 0 radical (unpaired) electrons. The Morgan fingerprint density at radius 1 is 0.969 bits per heavy atom. The van der Waals surface area contributed by atoms with Gasteiger partial charge in [-0.3, -0.25) is 9.69 Å². The van der Waals surface area contributed by atoms with Crippen LogP contribution in [0.4, 0.5) is 0 Å². The van der Waals surface area contributed by atoms with Crippen molar-refractivity contribution in [2.24, 2.45) is 0 Å². The monoisotopic (exact) mass is 451 g/mol. The molecule has 1 amide bonds. The Morgan fingerprint density at radius 3 is 2.25 bits per heavy atom. The van der Waals surface area contributed by atoms with Gasteiger partial charge in [0.05, 0.1) is 16.9 Å². The SMILES string of the molecule is CCN1CCN(Cc2ccc(CNC(=O)c3c(C)nn(-c4ccccc4)c3Cl)cc2)CC1. The van der Waals surface area contributed by atoms with E-state index in [0.29, 0.717) is 23.0 Å². The summed E-state index contributed by atoms with van der Waals surface area (Å²) in [7, 11) is 0. The third kappa shape index (κ3) is 5.21. The van der Waals surface area contributed by atoms with Crippen molar-refractivity contribution in [3.05, 3.63) is 82.1 Å². The maximum Gasteiger partial charge on any atom is 0.256 e. The lowest BCUT2D eigenvalue weighted by Crippen LogP contribution is -2.45. The number of amides is 1. The van der Waals surface area contributed by atoms with Gasteiger partial charge in [-0.25, -0.2) is 4.68 Å². The normalized spacial score (nSPS) is 15.1. The number of hydrogen-bond acceptors (Lipinski definition) is 4. The molecule has 168 valence electrons. The number of hydrogen-bond donors (Lipinski definition) is 1. The van der Waals surface area contributed by atoms with E-state index in [0.717, 1.165) is 50.5 Å². The zero-order valence-electron chi connectivity index (χ0n) is 18.7. The molecule has 2 aromatic carbocycles. The first-order chi connectivity index (χ1) is 15.5. The lowest BCUT2D eigenvalue weighted by molar-refractivity contribution is 0.0950. The standard InChI is InChI=1S/C25H30ClN5O/c1-3-29-13-15-30(16-14-29)18-21-11-9-20(10-12-21)17-27-25(32)23-19(2)28-31(24(23)26)22-7-5-4-6-8-22/h4-12H,3,13-18H2,1-2H3,(H,27,32). The van der Waals surface area contributed by atoms with Crippen LogP contribution in [-0.4, -0.2) is 58.2 Å². The van der Waals surface area contributed by atoms with Crippen molar-refractivity contribution in [1.82, 2.24) is 24.9 Å². The van der Waals surface area contributed by atoms with Crippen LogP contribution in [0.25, 0.3) is 5.69 Å². The number of piperazine rings is 1. The number of halogens is 1. The smallest absolute Gasteiger partial charge is 0.256 e. The molecule has 1 aliphatic rings. The van der Waals surface area contributed by atoms with Crippen LogP contribution in [0.3, 0.4) is 0 Å². The summed E-state index contributed by atoms with van der Waals surface area (Å²) in [5.74, 6) is -0.215. The zero-order valence-corrected chi connectivity index (χ0v) is 19.5. The van der Waals surface area contributed by atoms with Crippen LogP contribution in [0.2, 0.25) is 5.15 Å². The second-order valence-electron chi connectivity index (χ2n) is 8.21. The Morgan fingerprint density at radius 2 is 1.59 bits per heavy atom. The van der Waals surface area contributed by atoms with E-state index in [9.17, 15) is 4.79 Å². The average molecular weight is 452 g/mol. The van der Waals surface area contributed by atoms with E-state index in [1.807, 2.05) is 30.3 Å². The Hall–Kier alpha value is -2.67. The topological polar surface area (TPSA) is 53.4 Å². The van der Waals surface area contributed by atoms with Gasteiger partial charge in [0.2, 0.25) is 0 Å². The maximum absolute atomic E-state index is 12.8. The number of nitrogens with one attached hydrogen (secondary N) is 1. The van der Waals surface area contributed by atoms with Crippen LogP contribution in [-0.2, 0) is 13.1 Å². The molecule has 7 heteroatoms. The number of carbonyl (C=O) groups excluding carboxylic acids is 1. The molecule has 0 bridgehead atoms. The van der Waals surface area contributed by atoms with Gasteiger partial charge in [0.25, 0.3) is 5.91 Å². The van der Waals surface area contributed by atoms with Gasteiger partial charge in [-0.1, -0.05) is 61.0 Å². The molecule has 4 rings (SSSR count). The second kappa shape index (κ2) is 10.3. The van der Waals surface area contributed by atoms with Crippen molar-refractivity contribution in [3.8, 4) is 5.69 Å². The number of carbonyl (C=O) groups is 1. The van der Waals surface area contributed by atoms with Crippen LogP contribution in [0.15, 0.2) is 54.6 Å². The highest BCUT2D eigenvalue weighted by atomic mass is 35.5. The van der Waals surface area contributed by atoms with Crippen molar-refractivity contribution in [3.63, 3.8) is 0 Å². The molecule has 0 atom stereocenters. The molecule has 32 heavy (non-hydrogen) atoms. The number of aromatic nitrogens is 2. The van der Waals surface area contributed by atoms with Crippen molar-refractivity contribution >= 4 is 17.5 Å². The third-order valence-electron chi connectivity index (χ3n) is 6.03. The van der Waals surface area contributed by atoms with E-state index in [2.05, 4.69) is 51.4 Å². The van der Waals surface area contributed by atoms with E-state index in [4.69, 9.17) is 11.6 Å². The van der Waals surface area contributed by atoms with Gasteiger partial charge in [-0.15, -0.1) is 0 Å². The van der Waals surface area contributed by atoms with E-state index < -0.39 is 0 Å². The van der Waals surface area contributed by atoms with E-state index >= 15 is 0 Å². The third-order valence-corrected chi connectivity index (χ3v) is 6.38. The summed E-state index contributed by atoms with van der Waals surface area (Å²) in [5.41, 5.74) is 4.20. The Kier molecular flexibility index (Phi) is 7.25. The van der Waals surface area contributed by atoms with Gasteiger partial charge in [0, 0.05) is 39.3 Å². The summed E-state index contributed by atoms with van der Waals surface area (Å²) in [4.78, 5) is 17.8. The fourth-order valence-corrected chi connectivity index (χ4v) is 4.41. The quantitative estimate of drug-likeness (QED) is 0.592. The molecule has 1 fully saturated rings. The van der Waals surface area contributed by atoms with Gasteiger partial charge in [-0.05, 0) is 36.7 Å². The van der Waals surface area contributed by atoms with Crippen LogP contribution < -0.4 is 5.32 Å². The van der Waals surface area contributed by atoms with Gasteiger partial charge < -0.3 is 10.2 Å². The number of aryl methyl sites for hydroxylation is 1. The predicted octanol–water partition coefficient (Wildman–Crippen LogP) is 3.90. The average Bonchev–Trinajstić information content (AvgIpc) is 3.13. The van der Waals surface area contributed by atoms with Gasteiger partial charge in [0.1, 0.15) is 5.15 Å². The fraction of sp³-hybridized carbons (Fsp3) is 0.360. The van der Waals surface area contributed by atoms with Crippen LogP contribution in [0, 0.1) is 6.92 Å². The fourth-order valence-electron chi connectivity index (χ4n) is 4.05. The second-order valence-corrected chi connectivity index (χ2v) is 8.57. The molecule has 3 aromatic rings. The highest BCUT2D eigenvalue weighted by molar-refractivity contribution is 6.33. The number of benzene rings is 2. The van der Waals surface area contributed by atoms with E-state index in [1.165, 1.54) is 5.56 Å². The van der Waals surface area contributed by atoms with E-state index in [1.54, 1.807) is 11.6 Å². The lowest BCUT2D eigenvalue weighted by atomic mass is 10.1. The van der Waals surface area contributed by atoms with Gasteiger partial charge >= 0.3 is 0 Å². The molecule has 1 saturated heterocycles. The Balaban J connectivity index is 1.34. The van der Waals surface area contributed by atoms with Crippen LogP contribution in [0.5, 0.6) is 0 Å². The molecular weight excluding hydrogens is 422 g/mol. The van der Waals surface area contributed by atoms with E-state index in [-0.39, 0.29) is 5.91 Å². The molecule has 2 heterocycles. The minimum absolute atomic E-state index is 0.215. The highest BCUT2D eigenvalue weighted by Gasteiger charge is 2.21. The summed E-state index contributed by atoms with van der Waals surface area (Å²) in [6.45, 7) is 11.1. The largest absolute Gasteiger partial charge is 0.348 e. The first-order valence-corrected chi connectivity index (χ1v) is 11.5. The summed E-state index contributed by atoms with van der Waals surface area (Å²) in [6.07, 6.45) is 0. The molecule has 6 nitrogen and oxygen atoms in total. The number of nitrogens with zero attached hydrogens (tertiary/aromatic N) is 4. The molecule has 1 aliphatic heterocycles. The molecule has 0 unspecified atom stereocenters. The van der Waals surface area contributed by atoms with Crippen molar-refractivity contribution in [2.75, 3.05) is 32.7 Å². The first-order valence-electron chi connectivity index (χ1n) is 11.2. The summed E-state index contributed by atoms with van der Waals surface area (Å²) in [5, 5.41) is 7.75. The Bertz CT molecular complexity index is 1040. The van der Waals surface area contributed by atoms with Gasteiger partial charge in [0.15, 0.2) is 0 Å². The maximum atomic E-state index is 12.8. The minimum atomic E-state index is -0.215. The van der Waals surface area contributed by atoms with Gasteiger partial charge in [-0.2, -0.15) is 5.10 Å². The molecule has 1 N–H and O–H groups in total. The molecule has 1 aromatic heterocycles. The summed E-state index contributed by atoms with van der Waals surface area (Å²) >= 11 is 6.50. The number of para-hydroxylation sites is 1. The predicted molar refractivity (Wildman–Crippen MR) is 128 cm³/mol. The highest BCUT2D eigenvalue weighted by Crippen LogP contribution is 2.23. The Labute approximate surface area is 194 Å². The summed E-state index contributed by atoms with van der Waals surface area (Å²) in [6, 6.07) is 18.0. The van der Waals surface area contributed by atoms with Crippen molar-refractivity contribution in [1.29, 1.82) is 0 Å².